The van der Waals surface area contributed by atoms with E-state index in [9.17, 15) is 14.9 Å². The molecular formula is C35H42ClN5O3. The number of benzene rings is 2. The molecule has 5 rings (SSSR count). The first-order valence-corrected chi connectivity index (χ1v) is 15.8. The molecular weight excluding hydrogens is 574 g/mol. The summed E-state index contributed by atoms with van der Waals surface area (Å²) in [5.74, 6) is 6.83. The summed E-state index contributed by atoms with van der Waals surface area (Å²) in [7, 11) is 0. The van der Waals surface area contributed by atoms with Gasteiger partial charge in [-0.25, -0.2) is 0 Å². The van der Waals surface area contributed by atoms with Gasteiger partial charge in [-0.15, -0.1) is 0 Å². The average Bonchev–Trinajstić information content (AvgIpc) is 3.81. The van der Waals surface area contributed by atoms with Crippen LogP contribution >= 0.6 is 11.6 Å². The number of nitriles is 1. The van der Waals surface area contributed by atoms with Crippen LogP contribution in [0.25, 0.3) is 0 Å². The Hall–Kier alpha value is -3.56. The standard InChI is InChI=1S/C35H42ClN5O3/c1-33(2)29(34(3,4)30(33)44-27-12-9-25(22-38)28(36)21-27)41(32(43)35(15-16-35)31(39)42)26-10-7-23(8-11-26)5-6-24-13-18-40(19-14-24)20-17-37/h7-12,21,24,29-30H,13-20,37H2,1-4H3,(H2,39,42). The Morgan fingerprint density at radius 3 is 2.23 bits per heavy atom. The van der Waals surface area contributed by atoms with Gasteiger partial charge in [0.05, 0.1) is 16.6 Å². The summed E-state index contributed by atoms with van der Waals surface area (Å²) >= 11 is 6.29. The third kappa shape index (κ3) is 5.79. The molecule has 0 spiro atoms. The van der Waals surface area contributed by atoms with Crippen LogP contribution < -0.4 is 21.1 Å². The maximum Gasteiger partial charge on any atom is 0.242 e. The highest BCUT2D eigenvalue weighted by Crippen LogP contribution is 2.60. The quantitative estimate of drug-likeness (QED) is 0.327. The molecule has 9 heteroatoms. The number of rotatable bonds is 8. The van der Waals surface area contributed by atoms with Crippen LogP contribution in [0.4, 0.5) is 5.69 Å². The summed E-state index contributed by atoms with van der Waals surface area (Å²) in [5.41, 5.74) is 11.3. The number of amides is 2. The minimum atomic E-state index is -1.18. The number of piperidine rings is 1. The molecule has 1 aliphatic heterocycles. The zero-order chi connectivity index (χ0) is 31.9. The number of ether oxygens (including phenoxy) is 1. The van der Waals surface area contributed by atoms with Crippen LogP contribution in [0.2, 0.25) is 5.02 Å². The van der Waals surface area contributed by atoms with E-state index in [1.54, 1.807) is 23.1 Å². The third-order valence-electron chi connectivity index (χ3n) is 9.78. The average molecular weight is 616 g/mol. The van der Waals surface area contributed by atoms with E-state index in [0.717, 1.165) is 38.0 Å². The first kappa shape index (κ1) is 31.9. The first-order valence-electron chi connectivity index (χ1n) is 15.4. The molecule has 2 aromatic rings. The number of hydrogen-bond donors (Lipinski definition) is 2. The number of anilines is 1. The van der Waals surface area contributed by atoms with Gasteiger partial charge in [0.2, 0.25) is 11.8 Å². The lowest BCUT2D eigenvalue weighted by Gasteiger charge is -2.66. The normalized spacial score (nSPS) is 23.3. The number of nitrogens with zero attached hydrogens (tertiary/aromatic N) is 3. The molecule has 3 fully saturated rings. The van der Waals surface area contributed by atoms with Gasteiger partial charge >= 0.3 is 0 Å². The van der Waals surface area contributed by atoms with E-state index in [0.29, 0.717) is 47.3 Å². The highest BCUT2D eigenvalue weighted by atomic mass is 35.5. The second-order valence-electron chi connectivity index (χ2n) is 13.6. The molecule has 1 saturated heterocycles. The van der Waals surface area contributed by atoms with Gasteiger partial charge < -0.3 is 26.0 Å². The molecule has 0 atom stereocenters. The number of hydrogen-bond acceptors (Lipinski definition) is 6. The topological polar surface area (TPSA) is 126 Å². The number of likely N-dealkylation sites (tertiary alicyclic amines) is 1. The number of carbonyl (C=O) groups is 2. The Labute approximate surface area is 265 Å². The van der Waals surface area contributed by atoms with E-state index in [-0.39, 0.29) is 18.1 Å². The summed E-state index contributed by atoms with van der Waals surface area (Å²) in [6, 6.07) is 14.5. The van der Waals surface area contributed by atoms with Crippen molar-refractivity contribution >= 4 is 29.1 Å². The Morgan fingerprint density at radius 1 is 1.07 bits per heavy atom. The van der Waals surface area contributed by atoms with Crippen LogP contribution in [0, 0.1) is 45.3 Å². The largest absolute Gasteiger partial charge is 0.489 e. The molecule has 2 amide bonds. The Bertz CT molecular complexity index is 1510. The zero-order valence-electron chi connectivity index (χ0n) is 26.0. The predicted octanol–water partition coefficient (Wildman–Crippen LogP) is 4.71. The lowest BCUT2D eigenvalue weighted by Crippen LogP contribution is -2.76. The highest BCUT2D eigenvalue weighted by Gasteiger charge is 2.69. The minimum absolute atomic E-state index is 0.265. The zero-order valence-corrected chi connectivity index (χ0v) is 26.8. The summed E-state index contributed by atoms with van der Waals surface area (Å²) in [6.07, 6.45) is 2.67. The fourth-order valence-corrected chi connectivity index (χ4v) is 7.77. The summed E-state index contributed by atoms with van der Waals surface area (Å²) in [5, 5.41) is 9.58. The number of carbonyl (C=O) groups excluding carboxylic acids is 2. The van der Waals surface area contributed by atoms with Crippen LogP contribution in [0.5, 0.6) is 5.75 Å². The van der Waals surface area contributed by atoms with E-state index in [4.69, 9.17) is 27.8 Å². The molecule has 2 aliphatic carbocycles. The summed E-state index contributed by atoms with van der Waals surface area (Å²) in [6.45, 7) is 11.9. The number of primary amides is 1. The van der Waals surface area contributed by atoms with Gasteiger partial charge in [-0.3, -0.25) is 9.59 Å². The molecule has 2 aromatic carbocycles. The van der Waals surface area contributed by atoms with Crippen LogP contribution in [0.15, 0.2) is 42.5 Å². The molecule has 3 aliphatic rings. The van der Waals surface area contributed by atoms with Crippen molar-refractivity contribution in [1.82, 2.24) is 4.90 Å². The van der Waals surface area contributed by atoms with Crippen molar-refractivity contribution in [2.75, 3.05) is 31.1 Å². The lowest BCUT2D eigenvalue weighted by molar-refractivity contribution is -0.164. The minimum Gasteiger partial charge on any atom is -0.489 e. The SMILES string of the molecule is CC1(C)C(Oc2ccc(C#N)c(Cl)c2)C(C)(C)C1N(C(=O)C1(C(N)=O)CC1)c1ccc(C#CC2CCN(CCN)CC2)cc1. The maximum atomic E-state index is 14.2. The maximum absolute atomic E-state index is 14.2. The third-order valence-corrected chi connectivity index (χ3v) is 10.1. The van der Waals surface area contributed by atoms with Crippen LogP contribution in [-0.2, 0) is 9.59 Å². The second-order valence-corrected chi connectivity index (χ2v) is 14.0. The van der Waals surface area contributed by atoms with Gasteiger partial charge in [0.25, 0.3) is 0 Å². The number of nitrogens with two attached hydrogens (primary N) is 2. The Balaban J connectivity index is 1.41. The molecule has 1 heterocycles. The summed E-state index contributed by atoms with van der Waals surface area (Å²) in [4.78, 5) is 31.0. The molecule has 4 N–H and O–H groups in total. The summed E-state index contributed by atoms with van der Waals surface area (Å²) < 4.78 is 6.48. The molecule has 2 saturated carbocycles. The van der Waals surface area contributed by atoms with Crippen LogP contribution in [0.1, 0.15) is 64.5 Å². The molecule has 0 bridgehead atoms. The molecule has 8 nitrogen and oxygen atoms in total. The van der Waals surface area contributed by atoms with Gasteiger partial charge in [0, 0.05) is 47.2 Å². The molecule has 44 heavy (non-hydrogen) atoms. The second kappa shape index (κ2) is 12.1. The highest BCUT2D eigenvalue weighted by molar-refractivity contribution is 6.31. The number of halogens is 1. The van der Waals surface area contributed by atoms with Crippen molar-refractivity contribution < 1.29 is 14.3 Å². The fourth-order valence-electron chi connectivity index (χ4n) is 7.55. The van der Waals surface area contributed by atoms with Gasteiger partial charge in [0.1, 0.15) is 23.3 Å². The van der Waals surface area contributed by atoms with Gasteiger partial charge in [-0.2, -0.15) is 5.26 Å². The van der Waals surface area contributed by atoms with Gasteiger partial charge in [0.15, 0.2) is 0 Å². The van der Waals surface area contributed by atoms with Crippen LogP contribution in [0.3, 0.4) is 0 Å². The van der Waals surface area contributed by atoms with Gasteiger partial charge in [-0.1, -0.05) is 51.1 Å². The fraction of sp³-hybridized carbons (Fsp3) is 0.514. The van der Waals surface area contributed by atoms with E-state index < -0.39 is 22.2 Å². The van der Waals surface area contributed by atoms with Crippen molar-refractivity contribution in [1.29, 1.82) is 5.26 Å². The molecule has 0 unspecified atom stereocenters. The van der Waals surface area contributed by atoms with E-state index in [1.807, 2.05) is 24.3 Å². The Kier molecular flexibility index (Phi) is 8.75. The molecule has 232 valence electrons. The molecule has 0 radical (unpaired) electrons. The smallest absolute Gasteiger partial charge is 0.242 e. The van der Waals surface area contributed by atoms with Crippen molar-refractivity contribution in [3.05, 3.63) is 58.6 Å². The Morgan fingerprint density at radius 2 is 1.70 bits per heavy atom. The van der Waals surface area contributed by atoms with E-state index in [1.165, 1.54) is 0 Å². The van der Waals surface area contributed by atoms with E-state index >= 15 is 0 Å². The predicted molar refractivity (Wildman–Crippen MR) is 172 cm³/mol. The van der Waals surface area contributed by atoms with Crippen molar-refractivity contribution in [2.24, 2.45) is 33.6 Å². The monoisotopic (exact) mass is 615 g/mol. The first-order chi connectivity index (χ1) is 20.8. The van der Waals surface area contributed by atoms with Crippen molar-refractivity contribution in [3.63, 3.8) is 0 Å². The molecule has 0 aromatic heterocycles. The van der Waals surface area contributed by atoms with Crippen LogP contribution in [-0.4, -0.2) is 55.0 Å². The lowest BCUT2D eigenvalue weighted by atomic mass is 9.48. The van der Waals surface area contributed by atoms with Crippen molar-refractivity contribution in [3.8, 4) is 23.7 Å². The van der Waals surface area contributed by atoms with E-state index in [2.05, 4.69) is 50.5 Å². The van der Waals surface area contributed by atoms with Crippen molar-refractivity contribution in [2.45, 2.75) is 65.5 Å². The van der Waals surface area contributed by atoms with Gasteiger partial charge in [-0.05, 0) is 75.2 Å².